The van der Waals surface area contributed by atoms with E-state index in [2.05, 4.69) is 5.32 Å². The molecule has 0 spiro atoms. The number of methoxy groups -OCH3 is 2. The van der Waals surface area contributed by atoms with Gasteiger partial charge in [-0.2, -0.15) is 0 Å². The van der Waals surface area contributed by atoms with Crippen molar-refractivity contribution in [1.82, 2.24) is 4.90 Å². The second-order valence-electron chi connectivity index (χ2n) is 8.23. The molecule has 2 amide bonds. The van der Waals surface area contributed by atoms with Gasteiger partial charge in [-0.3, -0.25) is 9.59 Å². The van der Waals surface area contributed by atoms with Crippen LogP contribution in [0.5, 0.6) is 11.5 Å². The molecule has 0 aliphatic heterocycles. The highest BCUT2D eigenvalue weighted by Crippen LogP contribution is 2.40. The molecule has 1 aliphatic carbocycles. The van der Waals surface area contributed by atoms with E-state index < -0.39 is 12.6 Å². The lowest BCUT2D eigenvalue weighted by Crippen LogP contribution is -2.33. The highest BCUT2D eigenvalue weighted by molar-refractivity contribution is 6.03. The van der Waals surface area contributed by atoms with Crippen molar-refractivity contribution in [2.75, 3.05) is 33.2 Å². The maximum Gasteiger partial charge on any atom is 0.340 e. The summed E-state index contributed by atoms with van der Waals surface area (Å²) in [7, 11) is 4.57. The number of likely N-dealkylation sites (N-methyl/N-ethyl adjacent to an activating group) is 1. The van der Waals surface area contributed by atoms with Crippen molar-refractivity contribution in [3.8, 4) is 11.5 Å². The van der Waals surface area contributed by atoms with Gasteiger partial charge in [0.15, 0.2) is 18.1 Å². The molecule has 1 aliphatic rings. The summed E-state index contributed by atoms with van der Waals surface area (Å²) in [5.74, 6) is -0.376. The molecule has 3 unspecified atom stereocenters. The fraction of sp³-hybridized carbons (Fsp3) is 0.400. The first-order valence-electron chi connectivity index (χ1n) is 10.8. The van der Waals surface area contributed by atoms with Crippen molar-refractivity contribution >= 4 is 23.5 Å². The molecule has 2 aromatic rings. The van der Waals surface area contributed by atoms with E-state index in [1.807, 2.05) is 44.2 Å². The van der Waals surface area contributed by atoms with E-state index in [9.17, 15) is 14.4 Å². The lowest BCUT2D eigenvalue weighted by molar-refractivity contribution is -0.135. The Hall–Kier alpha value is -3.55. The van der Waals surface area contributed by atoms with Crippen molar-refractivity contribution in [3.05, 3.63) is 53.6 Å². The van der Waals surface area contributed by atoms with Gasteiger partial charge < -0.3 is 24.4 Å². The average molecular weight is 455 g/mol. The minimum atomic E-state index is -0.746. The number of amides is 2. The van der Waals surface area contributed by atoms with Crippen LogP contribution < -0.4 is 14.8 Å². The number of carbonyl (C=O) groups excluding carboxylic acids is 3. The van der Waals surface area contributed by atoms with Gasteiger partial charge in [-0.15, -0.1) is 0 Å². The first-order chi connectivity index (χ1) is 15.8. The van der Waals surface area contributed by atoms with Crippen LogP contribution in [0.2, 0.25) is 0 Å². The van der Waals surface area contributed by atoms with E-state index in [-0.39, 0.29) is 35.0 Å². The lowest BCUT2D eigenvalue weighted by Gasteiger charge is -2.25. The summed E-state index contributed by atoms with van der Waals surface area (Å²) in [6, 6.07) is 12.3. The molecule has 0 heterocycles. The Bertz CT molecular complexity index is 1020. The summed E-state index contributed by atoms with van der Waals surface area (Å²) < 4.78 is 15.9. The number of nitrogens with one attached hydrogen (secondary N) is 1. The summed E-state index contributed by atoms with van der Waals surface area (Å²) in [6.45, 7) is 3.45. The van der Waals surface area contributed by atoms with Crippen molar-refractivity contribution in [2.45, 2.75) is 26.3 Å². The number of rotatable bonds is 9. The second kappa shape index (κ2) is 10.4. The Kier molecular flexibility index (Phi) is 7.58. The Morgan fingerprint density at radius 1 is 1.09 bits per heavy atom. The van der Waals surface area contributed by atoms with E-state index in [0.29, 0.717) is 17.4 Å². The standard InChI is InChI=1S/C25H30N2O6/c1-15-11-18(15)24(29)26-20-13-22(32-5)21(31-4)12-19(20)25(30)33-14-23(28)27(3)16(2)17-9-7-6-8-10-17/h6-10,12-13,15-16,18H,11,14H2,1-5H3,(H,26,29). The summed E-state index contributed by atoms with van der Waals surface area (Å²) in [5, 5.41) is 2.79. The van der Waals surface area contributed by atoms with Crippen LogP contribution in [0, 0.1) is 11.8 Å². The topological polar surface area (TPSA) is 94.2 Å². The zero-order valence-corrected chi connectivity index (χ0v) is 19.6. The third-order valence-electron chi connectivity index (χ3n) is 6.03. The normalized spacial score (nSPS) is 17.5. The van der Waals surface area contributed by atoms with E-state index in [4.69, 9.17) is 14.2 Å². The van der Waals surface area contributed by atoms with Crippen LogP contribution in [-0.4, -0.2) is 50.6 Å². The van der Waals surface area contributed by atoms with Gasteiger partial charge in [0.25, 0.3) is 5.91 Å². The van der Waals surface area contributed by atoms with Gasteiger partial charge in [0.05, 0.1) is 31.5 Å². The van der Waals surface area contributed by atoms with Crippen molar-refractivity contribution in [1.29, 1.82) is 0 Å². The molecule has 0 radical (unpaired) electrons. The van der Waals surface area contributed by atoms with Gasteiger partial charge in [0.2, 0.25) is 5.91 Å². The molecule has 3 rings (SSSR count). The molecule has 3 atom stereocenters. The second-order valence-corrected chi connectivity index (χ2v) is 8.23. The van der Waals surface area contributed by atoms with Gasteiger partial charge in [0, 0.05) is 25.1 Å². The first kappa shape index (κ1) is 24.1. The predicted molar refractivity (Wildman–Crippen MR) is 123 cm³/mol. The summed E-state index contributed by atoms with van der Waals surface area (Å²) >= 11 is 0. The summed E-state index contributed by atoms with van der Waals surface area (Å²) in [4.78, 5) is 39.5. The molecule has 1 saturated carbocycles. The molecule has 176 valence electrons. The van der Waals surface area contributed by atoms with Gasteiger partial charge in [-0.05, 0) is 24.8 Å². The largest absolute Gasteiger partial charge is 0.493 e. The van der Waals surface area contributed by atoms with Crippen molar-refractivity contribution in [2.24, 2.45) is 11.8 Å². The fourth-order valence-corrected chi connectivity index (χ4v) is 3.54. The molecule has 1 N–H and O–H groups in total. The zero-order chi connectivity index (χ0) is 24.1. The van der Waals surface area contributed by atoms with Gasteiger partial charge in [-0.1, -0.05) is 37.3 Å². The quantitative estimate of drug-likeness (QED) is 0.581. The fourth-order valence-electron chi connectivity index (χ4n) is 3.54. The van der Waals surface area contributed by atoms with Crippen molar-refractivity contribution < 1.29 is 28.6 Å². The van der Waals surface area contributed by atoms with Gasteiger partial charge in [0.1, 0.15) is 0 Å². The minimum absolute atomic E-state index is 0.0841. The molecule has 8 nitrogen and oxygen atoms in total. The molecule has 2 aromatic carbocycles. The van der Waals surface area contributed by atoms with Crippen molar-refractivity contribution in [3.63, 3.8) is 0 Å². The van der Waals surface area contributed by atoms with Crippen LogP contribution in [-0.2, 0) is 14.3 Å². The molecule has 8 heteroatoms. The Morgan fingerprint density at radius 3 is 2.27 bits per heavy atom. The Balaban J connectivity index is 1.73. The van der Waals surface area contributed by atoms with E-state index >= 15 is 0 Å². The van der Waals surface area contributed by atoms with E-state index in [1.165, 1.54) is 31.3 Å². The number of esters is 1. The molecule has 33 heavy (non-hydrogen) atoms. The van der Waals surface area contributed by atoms with Crippen LogP contribution in [0.3, 0.4) is 0 Å². The highest BCUT2D eigenvalue weighted by Gasteiger charge is 2.39. The Morgan fingerprint density at radius 2 is 1.70 bits per heavy atom. The van der Waals surface area contributed by atoms with E-state index in [1.54, 1.807) is 7.05 Å². The molecule has 1 fully saturated rings. The van der Waals surface area contributed by atoms with Crippen LogP contribution in [0.25, 0.3) is 0 Å². The molecule has 0 aromatic heterocycles. The molecular weight excluding hydrogens is 424 g/mol. The number of ether oxygens (including phenoxy) is 3. The van der Waals surface area contributed by atoms with Gasteiger partial charge >= 0.3 is 5.97 Å². The third kappa shape index (κ3) is 5.63. The zero-order valence-electron chi connectivity index (χ0n) is 19.6. The van der Waals surface area contributed by atoms with Crippen LogP contribution >= 0.6 is 0 Å². The maximum absolute atomic E-state index is 12.9. The minimum Gasteiger partial charge on any atom is -0.493 e. The molecule has 0 saturated heterocycles. The SMILES string of the molecule is COc1cc(NC(=O)C2CC2C)c(C(=O)OCC(=O)N(C)C(C)c2ccccc2)cc1OC. The number of hydrogen-bond donors (Lipinski definition) is 1. The smallest absolute Gasteiger partial charge is 0.340 e. The third-order valence-corrected chi connectivity index (χ3v) is 6.03. The number of carbonyl (C=O) groups is 3. The Labute approximate surface area is 193 Å². The molecule has 0 bridgehead atoms. The number of nitrogens with zero attached hydrogens (tertiary/aromatic N) is 1. The highest BCUT2D eigenvalue weighted by atomic mass is 16.5. The molecular formula is C25H30N2O6. The predicted octanol–water partition coefficient (Wildman–Crippen LogP) is 3.67. The summed E-state index contributed by atoms with van der Waals surface area (Å²) in [5.41, 5.74) is 1.31. The summed E-state index contributed by atoms with van der Waals surface area (Å²) in [6.07, 6.45) is 0.805. The average Bonchev–Trinajstić information content (AvgIpc) is 3.58. The maximum atomic E-state index is 12.9. The number of anilines is 1. The van der Waals surface area contributed by atoms with Crippen LogP contribution in [0.15, 0.2) is 42.5 Å². The van der Waals surface area contributed by atoms with Gasteiger partial charge in [-0.25, -0.2) is 4.79 Å². The van der Waals surface area contributed by atoms with Crippen LogP contribution in [0.1, 0.15) is 42.2 Å². The monoisotopic (exact) mass is 454 g/mol. The van der Waals surface area contributed by atoms with E-state index in [0.717, 1.165) is 12.0 Å². The number of hydrogen-bond acceptors (Lipinski definition) is 6. The number of benzene rings is 2. The lowest BCUT2D eigenvalue weighted by atomic mass is 10.1. The first-order valence-corrected chi connectivity index (χ1v) is 10.8. The van der Waals surface area contributed by atoms with Crippen LogP contribution in [0.4, 0.5) is 5.69 Å².